The topological polar surface area (TPSA) is 49.6 Å². The Morgan fingerprint density at radius 1 is 1.19 bits per heavy atom. The van der Waals surface area contributed by atoms with Crippen molar-refractivity contribution in [3.8, 4) is 0 Å². The van der Waals surface area contributed by atoms with Gasteiger partial charge in [-0.2, -0.15) is 0 Å². The van der Waals surface area contributed by atoms with Gasteiger partial charge in [-0.3, -0.25) is 9.69 Å². The molecule has 1 aromatic rings. The van der Waals surface area contributed by atoms with Crippen LogP contribution in [-0.2, 0) is 11.3 Å². The summed E-state index contributed by atoms with van der Waals surface area (Å²) < 4.78 is 0. The zero-order valence-electron chi connectivity index (χ0n) is 13.0. The van der Waals surface area contributed by atoms with Crippen molar-refractivity contribution >= 4 is 5.91 Å². The van der Waals surface area contributed by atoms with E-state index in [0.717, 1.165) is 39.1 Å². The molecule has 0 radical (unpaired) electrons. The fourth-order valence-corrected chi connectivity index (χ4v) is 2.64. The average Bonchev–Trinajstić information content (AvgIpc) is 2.54. The molecule has 0 bridgehead atoms. The minimum absolute atomic E-state index is 0.287. The Hall–Kier alpha value is -1.39. The maximum Gasteiger partial charge on any atom is 0.222 e. The van der Waals surface area contributed by atoms with E-state index in [-0.39, 0.29) is 5.91 Å². The smallest absolute Gasteiger partial charge is 0.222 e. The second-order valence-corrected chi connectivity index (χ2v) is 6.02. The minimum Gasteiger partial charge on any atom is -0.340 e. The van der Waals surface area contributed by atoms with E-state index in [1.165, 1.54) is 5.56 Å². The predicted molar refractivity (Wildman–Crippen MR) is 85.8 cm³/mol. The van der Waals surface area contributed by atoms with Crippen LogP contribution in [0.25, 0.3) is 0 Å². The van der Waals surface area contributed by atoms with Crippen LogP contribution in [0.5, 0.6) is 0 Å². The first kappa shape index (κ1) is 16.0. The molecule has 2 N–H and O–H groups in total. The van der Waals surface area contributed by atoms with E-state index >= 15 is 0 Å². The van der Waals surface area contributed by atoms with Crippen LogP contribution >= 0.6 is 0 Å². The monoisotopic (exact) mass is 289 g/mol. The number of carbonyl (C=O) groups is 1. The van der Waals surface area contributed by atoms with E-state index in [2.05, 4.69) is 36.1 Å². The van der Waals surface area contributed by atoms with Crippen LogP contribution < -0.4 is 5.73 Å². The Balaban J connectivity index is 1.71. The third kappa shape index (κ3) is 5.14. The number of carbonyl (C=O) groups excluding carboxylic acids is 1. The van der Waals surface area contributed by atoms with Crippen LogP contribution in [0.1, 0.15) is 25.3 Å². The number of hydrogen-bond donors (Lipinski definition) is 1. The molecule has 4 heteroatoms. The Bertz CT molecular complexity index is 427. The first-order chi connectivity index (χ1) is 10.2. The molecule has 21 heavy (non-hydrogen) atoms. The molecule has 0 aromatic heterocycles. The first-order valence-corrected chi connectivity index (χ1v) is 7.93. The van der Waals surface area contributed by atoms with Crippen molar-refractivity contribution in [3.05, 3.63) is 35.9 Å². The van der Waals surface area contributed by atoms with Crippen LogP contribution in [0.4, 0.5) is 0 Å². The highest BCUT2D eigenvalue weighted by Crippen LogP contribution is 2.11. The number of amides is 1. The molecule has 1 fully saturated rings. The molecule has 1 aromatic carbocycles. The quantitative estimate of drug-likeness (QED) is 0.867. The highest BCUT2D eigenvalue weighted by molar-refractivity contribution is 5.76. The summed E-state index contributed by atoms with van der Waals surface area (Å²) in [6, 6.07) is 10.5. The van der Waals surface area contributed by atoms with Crippen LogP contribution in [0.2, 0.25) is 0 Å². The van der Waals surface area contributed by atoms with Crippen LogP contribution in [0.15, 0.2) is 30.3 Å². The molecular weight excluding hydrogens is 262 g/mol. The third-order valence-electron chi connectivity index (χ3n) is 4.23. The van der Waals surface area contributed by atoms with Crippen LogP contribution in [0.3, 0.4) is 0 Å². The Kier molecular flexibility index (Phi) is 6.21. The maximum atomic E-state index is 12.2. The van der Waals surface area contributed by atoms with Gasteiger partial charge in [0.2, 0.25) is 5.91 Å². The van der Waals surface area contributed by atoms with Gasteiger partial charge in [0.05, 0.1) is 0 Å². The molecule has 1 unspecified atom stereocenters. The number of piperazine rings is 1. The van der Waals surface area contributed by atoms with Crippen LogP contribution in [0, 0.1) is 5.92 Å². The summed E-state index contributed by atoms with van der Waals surface area (Å²) in [5, 5.41) is 0. The van der Waals surface area contributed by atoms with Gasteiger partial charge in [-0.25, -0.2) is 0 Å². The van der Waals surface area contributed by atoms with Crippen molar-refractivity contribution in [1.29, 1.82) is 0 Å². The van der Waals surface area contributed by atoms with E-state index in [9.17, 15) is 4.79 Å². The van der Waals surface area contributed by atoms with E-state index < -0.39 is 0 Å². The lowest BCUT2D eigenvalue weighted by atomic mass is 10.1. The SMILES string of the molecule is CC(CN)CCC(=O)N1CCN(Cc2ccccc2)CC1. The molecule has 116 valence electrons. The molecule has 1 amide bonds. The average molecular weight is 289 g/mol. The largest absolute Gasteiger partial charge is 0.340 e. The van der Waals surface area contributed by atoms with Gasteiger partial charge in [-0.05, 0) is 24.4 Å². The molecule has 1 atom stereocenters. The second-order valence-electron chi connectivity index (χ2n) is 6.02. The van der Waals surface area contributed by atoms with Gasteiger partial charge in [0.1, 0.15) is 0 Å². The van der Waals surface area contributed by atoms with Gasteiger partial charge >= 0.3 is 0 Å². The molecular formula is C17H27N3O. The molecule has 2 rings (SSSR count). The summed E-state index contributed by atoms with van der Waals surface area (Å²) >= 11 is 0. The molecule has 1 saturated heterocycles. The first-order valence-electron chi connectivity index (χ1n) is 7.93. The van der Waals surface area contributed by atoms with Crippen molar-refractivity contribution in [2.75, 3.05) is 32.7 Å². The highest BCUT2D eigenvalue weighted by Gasteiger charge is 2.21. The Morgan fingerprint density at radius 2 is 1.86 bits per heavy atom. The van der Waals surface area contributed by atoms with E-state index in [4.69, 9.17) is 5.73 Å². The summed E-state index contributed by atoms with van der Waals surface area (Å²) in [5.74, 6) is 0.725. The van der Waals surface area contributed by atoms with Gasteiger partial charge in [-0.15, -0.1) is 0 Å². The predicted octanol–water partition coefficient (Wildman–Crippen LogP) is 1.71. The molecule has 0 saturated carbocycles. The Labute approximate surface area is 127 Å². The molecule has 0 aliphatic carbocycles. The maximum absolute atomic E-state index is 12.2. The minimum atomic E-state index is 0.287. The second kappa shape index (κ2) is 8.15. The van der Waals surface area contributed by atoms with Crippen molar-refractivity contribution in [1.82, 2.24) is 9.80 Å². The lowest BCUT2D eigenvalue weighted by Gasteiger charge is -2.35. The fourth-order valence-electron chi connectivity index (χ4n) is 2.64. The number of nitrogens with two attached hydrogens (primary N) is 1. The van der Waals surface area contributed by atoms with E-state index in [1.54, 1.807) is 0 Å². The van der Waals surface area contributed by atoms with Gasteiger partial charge in [0.15, 0.2) is 0 Å². The van der Waals surface area contributed by atoms with Crippen molar-refractivity contribution < 1.29 is 4.79 Å². The van der Waals surface area contributed by atoms with Crippen LogP contribution in [-0.4, -0.2) is 48.4 Å². The summed E-state index contributed by atoms with van der Waals surface area (Å²) in [5.41, 5.74) is 6.94. The lowest BCUT2D eigenvalue weighted by molar-refractivity contribution is -0.133. The zero-order valence-corrected chi connectivity index (χ0v) is 13.0. The molecule has 1 aliphatic heterocycles. The van der Waals surface area contributed by atoms with E-state index in [1.807, 2.05) is 11.0 Å². The highest BCUT2D eigenvalue weighted by atomic mass is 16.2. The number of rotatable bonds is 6. The number of hydrogen-bond acceptors (Lipinski definition) is 3. The van der Waals surface area contributed by atoms with Crippen molar-refractivity contribution in [3.63, 3.8) is 0 Å². The van der Waals surface area contributed by atoms with Crippen molar-refractivity contribution in [2.45, 2.75) is 26.3 Å². The molecule has 0 spiro atoms. The van der Waals surface area contributed by atoms with E-state index in [0.29, 0.717) is 18.9 Å². The normalized spacial score (nSPS) is 17.7. The number of benzene rings is 1. The van der Waals surface area contributed by atoms with Crippen molar-refractivity contribution in [2.24, 2.45) is 11.7 Å². The van der Waals surface area contributed by atoms with Gasteiger partial charge in [0, 0.05) is 39.1 Å². The lowest BCUT2D eigenvalue weighted by Crippen LogP contribution is -2.48. The van der Waals surface area contributed by atoms with Gasteiger partial charge < -0.3 is 10.6 Å². The summed E-state index contributed by atoms with van der Waals surface area (Å²) in [6.45, 7) is 7.38. The Morgan fingerprint density at radius 3 is 2.48 bits per heavy atom. The standard InChI is InChI=1S/C17H27N3O/c1-15(13-18)7-8-17(21)20-11-9-19(10-12-20)14-16-5-3-2-4-6-16/h2-6,15H,7-14,18H2,1H3. The third-order valence-corrected chi connectivity index (χ3v) is 4.23. The fraction of sp³-hybridized carbons (Fsp3) is 0.588. The van der Waals surface area contributed by atoms with Gasteiger partial charge in [-0.1, -0.05) is 37.3 Å². The summed E-state index contributed by atoms with van der Waals surface area (Å²) in [7, 11) is 0. The summed E-state index contributed by atoms with van der Waals surface area (Å²) in [4.78, 5) is 16.6. The zero-order chi connectivity index (χ0) is 15.1. The number of nitrogens with zero attached hydrogens (tertiary/aromatic N) is 2. The molecule has 4 nitrogen and oxygen atoms in total. The van der Waals surface area contributed by atoms with Gasteiger partial charge in [0.25, 0.3) is 0 Å². The molecule has 1 aliphatic rings. The molecule has 1 heterocycles. The summed E-state index contributed by atoms with van der Waals surface area (Å²) in [6.07, 6.45) is 1.54.